The van der Waals surface area contributed by atoms with Crippen molar-refractivity contribution in [1.29, 1.82) is 0 Å². The summed E-state index contributed by atoms with van der Waals surface area (Å²) in [7, 11) is 0. The molecule has 2 aromatic rings. The smallest absolute Gasteiger partial charge is 0.311 e. The van der Waals surface area contributed by atoms with Crippen LogP contribution >= 0.6 is 11.3 Å². The molecule has 0 aliphatic carbocycles. The molecule has 0 fully saturated rings. The first-order valence-corrected chi connectivity index (χ1v) is 5.32. The number of carboxylic acids is 1. The minimum absolute atomic E-state index is 0.150. The highest BCUT2D eigenvalue weighted by Gasteiger charge is 2.15. The number of rotatable bonds is 3. The molecule has 0 unspecified atom stereocenters. The lowest BCUT2D eigenvalue weighted by Gasteiger charge is -1.95. The molecule has 0 saturated carbocycles. The molecule has 0 bridgehead atoms. The van der Waals surface area contributed by atoms with Crippen molar-refractivity contribution >= 4 is 22.3 Å². The van der Waals surface area contributed by atoms with Gasteiger partial charge in [0.25, 0.3) is 0 Å². The summed E-state index contributed by atoms with van der Waals surface area (Å²) in [4.78, 5) is 11.2. The van der Waals surface area contributed by atoms with Gasteiger partial charge >= 0.3 is 5.97 Å². The summed E-state index contributed by atoms with van der Waals surface area (Å²) in [5.74, 6) is -0.238. The monoisotopic (exact) mass is 226 g/mol. The highest BCUT2D eigenvalue weighted by molar-refractivity contribution is 7.16. The second kappa shape index (κ2) is 3.58. The first kappa shape index (κ1) is 10.0. The highest BCUT2D eigenvalue weighted by Crippen LogP contribution is 2.21. The van der Waals surface area contributed by atoms with Gasteiger partial charge in [0, 0.05) is 5.92 Å². The molecule has 0 aromatic carbocycles. The van der Waals surface area contributed by atoms with Crippen LogP contribution in [0.5, 0.6) is 0 Å². The molecule has 2 rings (SSSR count). The van der Waals surface area contributed by atoms with Gasteiger partial charge in [-0.2, -0.15) is 9.61 Å². The van der Waals surface area contributed by atoms with Gasteiger partial charge in [-0.15, -0.1) is 10.2 Å². The van der Waals surface area contributed by atoms with Crippen LogP contribution in [0.25, 0.3) is 4.96 Å². The molecule has 80 valence electrons. The van der Waals surface area contributed by atoms with Crippen molar-refractivity contribution in [3.8, 4) is 0 Å². The molecule has 7 heteroatoms. The van der Waals surface area contributed by atoms with Gasteiger partial charge in [0.2, 0.25) is 4.96 Å². The standard InChI is InChI=1S/C8H10N4O2S/c1-4(2)7-11-12-5(3-6(13)14)9-10-8(12)15-7/h4H,3H2,1-2H3,(H,13,14). The summed E-state index contributed by atoms with van der Waals surface area (Å²) in [6.45, 7) is 4.06. The maximum Gasteiger partial charge on any atom is 0.311 e. The molecule has 0 atom stereocenters. The predicted molar refractivity (Wildman–Crippen MR) is 54.1 cm³/mol. The van der Waals surface area contributed by atoms with Gasteiger partial charge in [-0.25, -0.2) is 0 Å². The summed E-state index contributed by atoms with van der Waals surface area (Å²) in [5, 5.41) is 21.5. The molecule has 0 radical (unpaired) electrons. The van der Waals surface area contributed by atoms with Crippen molar-refractivity contribution in [2.24, 2.45) is 0 Å². The molecule has 0 spiro atoms. The molecule has 2 heterocycles. The summed E-state index contributed by atoms with van der Waals surface area (Å²) in [6.07, 6.45) is -0.150. The van der Waals surface area contributed by atoms with Gasteiger partial charge in [0.15, 0.2) is 5.82 Å². The molecule has 6 nitrogen and oxygen atoms in total. The van der Waals surface area contributed by atoms with Gasteiger partial charge in [-0.1, -0.05) is 25.2 Å². The van der Waals surface area contributed by atoms with E-state index in [1.165, 1.54) is 15.9 Å². The van der Waals surface area contributed by atoms with E-state index in [2.05, 4.69) is 15.3 Å². The first-order chi connectivity index (χ1) is 7.08. The molecular weight excluding hydrogens is 216 g/mol. The lowest BCUT2D eigenvalue weighted by molar-refractivity contribution is -0.136. The van der Waals surface area contributed by atoms with Crippen molar-refractivity contribution in [3.63, 3.8) is 0 Å². The van der Waals surface area contributed by atoms with Crippen molar-refractivity contribution in [3.05, 3.63) is 10.8 Å². The number of aliphatic carboxylic acids is 1. The van der Waals surface area contributed by atoms with E-state index in [-0.39, 0.29) is 6.42 Å². The van der Waals surface area contributed by atoms with E-state index in [1.807, 2.05) is 13.8 Å². The lowest BCUT2D eigenvalue weighted by atomic mass is 10.2. The Kier molecular flexibility index (Phi) is 2.39. The van der Waals surface area contributed by atoms with Crippen LogP contribution in [-0.4, -0.2) is 30.9 Å². The van der Waals surface area contributed by atoms with Crippen LogP contribution < -0.4 is 0 Å². The molecular formula is C8H10N4O2S. The van der Waals surface area contributed by atoms with Crippen molar-refractivity contribution in [1.82, 2.24) is 19.8 Å². The van der Waals surface area contributed by atoms with Crippen LogP contribution in [0, 0.1) is 0 Å². The third kappa shape index (κ3) is 1.82. The predicted octanol–water partition coefficient (Wildman–Crippen LogP) is 0.936. The third-order valence-electron chi connectivity index (χ3n) is 1.87. The van der Waals surface area contributed by atoms with Gasteiger partial charge in [0.1, 0.15) is 11.4 Å². The molecule has 2 aromatic heterocycles. The van der Waals surface area contributed by atoms with Gasteiger partial charge < -0.3 is 5.11 Å². The number of carboxylic acid groups (broad SMARTS) is 1. The largest absolute Gasteiger partial charge is 0.481 e. The van der Waals surface area contributed by atoms with Crippen molar-refractivity contribution in [2.45, 2.75) is 26.2 Å². The fourth-order valence-corrected chi connectivity index (χ4v) is 2.01. The molecule has 15 heavy (non-hydrogen) atoms. The van der Waals surface area contributed by atoms with E-state index in [1.54, 1.807) is 0 Å². The molecule has 0 aliphatic rings. The van der Waals surface area contributed by atoms with Crippen molar-refractivity contribution in [2.75, 3.05) is 0 Å². The van der Waals surface area contributed by atoms with E-state index in [4.69, 9.17) is 5.11 Å². The number of nitrogens with zero attached hydrogens (tertiary/aromatic N) is 4. The summed E-state index contributed by atoms with van der Waals surface area (Å²) < 4.78 is 1.51. The Hall–Kier alpha value is -1.50. The minimum atomic E-state index is -0.927. The zero-order valence-corrected chi connectivity index (χ0v) is 9.15. The Balaban J connectivity index is 2.44. The van der Waals surface area contributed by atoms with E-state index < -0.39 is 5.97 Å². The minimum Gasteiger partial charge on any atom is -0.481 e. The number of carbonyl (C=O) groups is 1. The Bertz CT molecular complexity index is 502. The summed E-state index contributed by atoms with van der Waals surface area (Å²) >= 11 is 1.44. The molecule has 0 aliphatic heterocycles. The third-order valence-corrected chi connectivity index (χ3v) is 3.07. The Morgan fingerprint density at radius 2 is 2.27 bits per heavy atom. The quantitative estimate of drug-likeness (QED) is 0.842. The van der Waals surface area contributed by atoms with E-state index in [9.17, 15) is 4.79 Å². The fourth-order valence-electron chi connectivity index (χ4n) is 1.15. The number of hydrogen-bond acceptors (Lipinski definition) is 5. The van der Waals surface area contributed by atoms with Crippen LogP contribution in [0.4, 0.5) is 0 Å². The Morgan fingerprint density at radius 1 is 1.53 bits per heavy atom. The lowest BCUT2D eigenvalue weighted by Crippen LogP contribution is -2.05. The highest BCUT2D eigenvalue weighted by atomic mass is 32.1. The summed E-state index contributed by atoms with van der Waals surface area (Å²) in [5.41, 5.74) is 0. The fraction of sp³-hybridized carbons (Fsp3) is 0.500. The number of aromatic nitrogens is 4. The zero-order valence-electron chi connectivity index (χ0n) is 8.34. The van der Waals surface area contributed by atoms with Crippen molar-refractivity contribution < 1.29 is 9.90 Å². The van der Waals surface area contributed by atoms with Crippen LogP contribution in [0.3, 0.4) is 0 Å². The topological polar surface area (TPSA) is 80.4 Å². The van der Waals surface area contributed by atoms with E-state index in [0.29, 0.717) is 16.7 Å². The van der Waals surface area contributed by atoms with Crippen LogP contribution in [0.2, 0.25) is 0 Å². The second-order valence-corrected chi connectivity index (χ2v) is 4.46. The zero-order chi connectivity index (χ0) is 11.0. The average molecular weight is 226 g/mol. The summed E-state index contributed by atoms with van der Waals surface area (Å²) in [6, 6.07) is 0. The maximum absolute atomic E-state index is 10.5. The molecule has 0 amide bonds. The maximum atomic E-state index is 10.5. The van der Waals surface area contributed by atoms with E-state index in [0.717, 1.165) is 5.01 Å². The first-order valence-electron chi connectivity index (χ1n) is 4.50. The Morgan fingerprint density at radius 3 is 2.87 bits per heavy atom. The SMILES string of the molecule is CC(C)c1nn2c(CC(=O)O)nnc2s1. The van der Waals surface area contributed by atoms with Gasteiger partial charge in [-0.3, -0.25) is 4.79 Å². The van der Waals surface area contributed by atoms with Crippen LogP contribution in [0.15, 0.2) is 0 Å². The van der Waals surface area contributed by atoms with Gasteiger partial charge in [0.05, 0.1) is 0 Å². The normalized spacial score (nSPS) is 11.4. The van der Waals surface area contributed by atoms with Gasteiger partial charge in [-0.05, 0) is 0 Å². The van der Waals surface area contributed by atoms with E-state index >= 15 is 0 Å². The number of fused-ring (bicyclic) bond motifs is 1. The molecule has 0 saturated heterocycles. The molecule has 1 N–H and O–H groups in total. The van der Waals surface area contributed by atoms with Crippen LogP contribution in [0.1, 0.15) is 30.6 Å². The Labute approximate surface area is 89.6 Å². The van der Waals surface area contributed by atoms with Crippen LogP contribution in [-0.2, 0) is 11.2 Å². The average Bonchev–Trinajstić information content (AvgIpc) is 2.66. The second-order valence-electron chi connectivity index (χ2n) is 3.48. The number of hydrogen-bond donors (Lipinski definition) is 1.